The average Bonchev–Trinajstić information content (AvgIpc) is 3.04. The molecule has 0 radical (unpaired) electrons. The number of fused-ring (bicyclic) bond motifs is 1. The standard InChI is InChI=1S/C23H13BrCl2N2O4/c24-15-8-5-13(6-9-15)20(29)12-27(21(30)14-7-10-18(25)19(26)11-14)28-22(31)16-3-1-2-4-17(16)23(28)32/h1-11H,12H2. The first-order valence-electron chi connectivity index (χ1n) is 9.31. The van der Waals surface area contributed by atoms with Crippen LogP contribution < -0.4 is 0 Å². The molecule has 0 fully saturated rings. The van der Waals surface area contributed by atoms with Crippen molar-refractivity contribution in [3.05, 3.63) is 104 Å². The lowest BCUT2D eigenvalue weighted by molar-refractivity contribution is 0.00531. The largest absolute Gasteiger partial charge is 0.292 e. The molecule has 0 aliphatic carbocycles. The Labute approximate surface area is 201 Å². The van der Waals surface area contributed by atoms with Gasteiger partial charge in [-0.2, -0.15) is 5.01 Å². The molecule has 1 aliphatic rings. The highest BCUT2D eigenvalue weighted by atomic mass is 79.9. The number of halogens is 3. The molecule has 3 aromatic carbocycles. The van der Waals surface area contributed by atoms with Gasteiger partial charge in [-0.1, -0.05) is 63.4 Å². The van der Waals surface area contributed by atoms with E-state index in [0.29, 0.717) is 10.6 Å². The minimum atomic E-state index is -0.747. The van der Waals surface area contributed by atoms with E-state index >= 15 is 0 Å². The summed E-state index contributed by atoms with van der Waals surface area (Å²) in [5.41, 5.74) is 0.692. The number of hydrogen-bond donors (Lipinski definition) is 0. The van der Waals surface area contributed by atoms with Gasteiger partial charge in [0.2, 0.25) is 0 Å². The van der Waals surface area contributed by atoms with Crippen LogP contribution in [0.4, 0.5) is 0 Å². The van der Waals surface area contributed by atoms with E-state index < -0.39 is 30.0 Å². The topological polar surface area (TPSA) is 74.8 Å². The molecule has 0 saturated heterocycles. The lowest BCUT2D eigenvalue weighted by Crippen LogP contribution is -2.51. The Kier molecular flexibility index (Phi) is 6.15. The molecular weight excluding hydrogens is 519 g/mol. The number of Topliss-reactive ketones (excluding diaryl/α,β-unsaturated/α-hetero) is 1. The van der Waals surface area contributed by atoms with E-state index in [4.69, 9.17) is 23.2 Å². The van der Waals surface area contributed by atoms with Crippen molar-refractivity contribution in [2.75, 3.05) is 6.54 Å². The van der Waals surface area contributed by atoms with Gasteiger partial charge in [0.1, 0.15) is 6.54 Å². The second-order valence-electron chi connectivity index (χ2n) is 6.89. The second kappa shape index (κ2) is 8.86. The zero-order chi connectivity index (χ0) is 23.0. The Balaban J connectivity index is 1.74. The number of benzene rings is 3. The number of hydrogen-bond acceptors (Lipinski definition) is 4. The fraction of sp³-hybridized carbons (Fsp3) is 0.0435. The van der Waals surface area contributed by atoms with Crippen molar-refractivity contribution >= 4 is 62.6 Å². The third kappa shape index (κ3) is 4.07. The smallest absolute Gasteiger partial charge is 0.280 e. The normalized spacial score (nSPS) is 12.7. The molecule has 32 heavy (non-hydrogen) atoms. The zero-order valence-electron chi connectivity index (χ0n) is 16.2. The van der Waals surface area contributed by atoms with Crippen molar-refractivity contribution in [2.45, 2.75) is 0 Å². The number of hydrazine groups is 1. The number of imide groups is 1. The van der Waals surface area contributed by atoms with Gasteiger partial charge >= 0.3 is 0 Å². The summed E-state index contributed by atoms with van der Waals surface area (Å²) >= 11 is 15.3. The molecule has 0 N–H and O–H groups in total. The van der Waals surface area contributed by atoms with E-state index in [1.54, 1.807) is 36.4 Å². The molecule has 9 heteroatoms. The fourth-order valence-electron chi connectivity index (χ4n) is 3.27. The van der Waals surface area contributed by atoms with Gasteiger partial charge in [0.05, 0.1) is 21.2 Å². The van der Waals surface area contributed by atoms with Gasteiger partial charge in [-0.05, 0) is 42.5 Å². The van der Waals surface area contributed by atoms with Crippen LogP contribution in [0.3, 0.4) is 0 Å². The molecule has 0 saturated carbocycles. The first kappa shape index (κ1) is 22.2. The molecule has 3 amide bonds. The van der Waals surface area contributed by atoms with E-state index in [9.17, 15) is 19.2 Å². The lowest BCUT2D eigenvalue weighted by Gasteiger charge is -2.29. The molecule has 0 unspecified atom stereocenters. The van der Waals surface area contributed by atoms with Gasteiger partial charge in [-0.3, -0.25) is 19.2 Å². The first-order chi connectivity index (χ1) is 15.3. The van der Waals surface area contributed by atoms with Crippen molar-refractivity contribution in [3.63, 3.8) is 0 Å². The number of nitrogens with zero attached hydrogens (tertiary/aromatic N) is 2. The van der Waals surface area contributed by atoms with Crippen LogP contribution in [-0.2, 0) is 0 Å². The van der Waals surface area contributed by atoms with Gasteiger partial charge in [0.25, 0.3) is 17.7 Å². The summed E-state index contributed by atoms with van der Waals surface area (Å²) in [7, 11) is 0. The second-order valence-corrected chi connectivity index (χ2v) is 8.62. The molecule has 1 heterocycles. The summed E-state index contributed by atoms with van der Waals surface area (Å²) in [6, 6.07) is 16.9. The number of amides is 3. The number of carbonyl (C=O) groups excluding carboxylic acids is 4. The third-order valence-electron chi connectivity index (χ3n) is 4.87. The Morgan fingerprint density at radius 1 is 0.812 bits per heavy atom. The third-order valence-corrected chi connectivity index (χ3v) is 6.14. The predicted octanol–water partition coefficient (Wildman–Crippen LogP) is 5.29. The van der Waals surface area contributed by atoms with Crippen LogP contribution in [-0.4, -0.2) is 40.1 Å². The summed E-state index contributed by atoms with van der Waals surface area (Å²) in [6.45, 7) is -0.536. The highest BCUT2D eigenvalue weighted by Crippen LogP contribution is 2.28. The molecule has 0 aromatic heterocycles. The van der Waals surface area contributed by atoms with Crippen molar-refractivity contribution < 1.29 is 19.2 Å². The Morgan fingerprint density at radius 2 is 1.38 bits per heavy atom. The monoisotopic (exact) mass is 530 g/mol. The molecule has 0 atom stereocenters. The van der Waals surface area contributed by atoms with Crippen molar-refractivity contribution in [2.24, 2.45) is 0 Å². The first-order valence-corrected chi connectivity index (χ1v) is 10.9. The summed E-state index contributed by atoms with van der Waals surface area (Å²) in [5.74, 6) is -2.59. The number of ketones is 1. The molecule has 160 valence electrons. The molecular formula is C23H13BrCl2N2O4. The number of carbonyl (C=O) groups is 4. The fourth-order valence-corrected chi connectivity index (χ4v) is 3.83. The Morgan fingerprint density at radius 3 is 1.94 bits per heavy atom. The average molecular weight is 532 g/mol. The lowest BCUT2D eigenvalue weighted by atomic mass is 10.1. The van der Waals surface area contributed by atoms with E-state index in [2.05, 4.69) is 15.9 Å². The van der Waals surface area contributed by atoms with Crippen LogP contribution in [0.5, 0.6) is 0 Å². The van der Waals surface area contributed by atoms with E-state index in [0.717, 1.165) is 9.48 Å². The maximum absolute atomic E-state index is 13.4. The minimum Gasteiger partial charge on any atom is -0.292 e. The predicted molar refractivity (Wildman–Crippen MR) is 123 cm³/mol. The molecule has 0 bridgehead atoms. The van der Waals surface area contributed by atoms with E-state index in [1.165, 1.54) is 30.3 Å². The maximum Gasteiger partial charge on any atom is 0.280 e. The van der Waals surface area contributed by atoms with Crippen molar-refractivity contribution in [1.82, 2.24) is 10.0 Å². The quantitative estimate of drug-likeness (QED) is 0.331. The number of rotatable bonds is 5. The van der Waals surface area contributed by atoms with Crippen LogP contribution in [0.25, 0.3) is 0 Å². The van der Waals surface area contributed by atoms with Crippen LogP contribution in [0.1, 0.15) is 41.4 Å². The minimum absolute atomic E-state index is 0.0690. The van der Waals surface area contributed by atoms with Crippen LogP contribution >= 0.6 is 39.1 Å². The van der Waals surface area contributed by atoms with Gasteiger partial charge in [0, 0.05) is 15.6 Å². The highest BCUT2D eigenvalue weighted by molar-refractivity contribution is 9.10. The summed E-state index contributed by atoms with van der Waals surface area (Å²) < 4.78 is 0.776. The van der Waals surface area contributed by atoms with E-state index in [-0.39, 0.29) is 26.7 Å². The molecule has 1 aliphatic heterocycles. The summed E-state index contributed by atoms with van der Waals surface area (Å²) in [6.07, 6.45) is 0. The van der Waals surface area contributed by atoms with Crippen molar-refractivity contribution in [3.8, 4) is 0 Å². The molecule has 0 spiro atoms. The maximum atomic E-state index is 13.4. The van der Waals surface area contributed by atoms with Crippen LogP contribution in [0.2, 0.25) is 10.0 Å². The Hall–Kier alpha value is -3.00. The van der Waals surface area contributed by atoms with Crippen LogP contribution in [0.15, 0.2) is 71.2 Å². The summed E-state index contributed by atoms with van der Waals surface area (Å²) in [4.78, 5) is 52.4. The van der Waals surface area contributed by atoms with Gasteiger partial charge in [-0.15, -0.1) is 0 Å². The zero-order valence-corrected chi connectivity index (χ0v) is 19.3. The van der Waals surface area contributed by atoms with Crippen molar-refractivity contribution in [1.29, 1.82) is 0 Å². The van der Waals surface area contributed by atoms with Gasteiger partial charge in [0.15, 0.2) is 5.78 Å². The molecule has 3 aromatic rings. The SMILES string of the molecule is O=C(CN(C(=O)c1ccc(Cl)c(Cl)c1)N1C(=O)c2ccccc2C1=O)c1ccc(Br)cc1. The van der Waals surface area contributed by atoms with Gasteiger partial charge < -0.3 is 0 Å². The molecule has 4 rings (SSSR count). The molecule has 6 nitrogen and oxygen atoms in total. The van der Waals surface area contributed by atoms with Gasteiger partial charge in [-0.25, -0.2) is 5.01 Å². The Bertz CT molecular complexity index is 1240. The summed E-state index contributed by atoms with van der Waals surface area (Å²) in [5, 5.41) is 1.90. The van der Waals surface area contributed by atoms with Crippen LogP contribution in [0, 0.1) is 0 Å². The highest BCUT2D eigenvalue weighted by Gasteiger charge is 2.42. The van der Waals surface area contributed by atoms with E-state index in [1.807, 2.05) is 0 Å².